The average molecular weight is 263 g/mol. The van der Waals surface area contributed by atoms with Crippen LogP contribution in [-0.4, -0.2) is 37.2 Å². The van der Waals surface area contributed by atoms with Gasteiger partial charge in [0.25, 0.3) is 0 Å². The molecule has 1 aliphatic heterocycles. The Hall–Kier alpha value is -1.59. The molecular formula is C14H21N3O2. The lowest BCUT2D eigenvalue weighted by Crippen LogP contribution is -2.51. The first-order valence-corrected chi connectivity index (χ1v) is 6.65. The van der Waals surface area contributed by atoms with E-state index in [-0.39, 0.29) is 0 Å². The van der Waals surface area contributed by atoms with Gasteiger partial charge in [-0.3, -0.25) is 5.43 Å². The van der Waals surface area contributed by atoms with Crippen molar-refractivity contribution >= 4 is 6.09 Å². The van der Waals surface area contributed by atoms with Gasteiger partial charge >= 0.3 is 6.09 Å². The van der Waals surface area contributed by atoms with Gasteiger partial charge in [-0.25, -0.2) is 10.2 Å². The molecule has 2 N–H and O–H groups in total. The molecule has 104 valence electrons. The van der Waals surface area contributed by atoms with Crippen molar-refractivity contribution in [3.8, 4) is 0 Å². The van der Waals surface area contributed by atoms with Crippen LogP contribution in [0, 0.1) is 0 Å². The highest BCUT2D eigenvalue weighted by atomic mass is 16.6. The molecule has 1 amide bonds. The second kappa shape index (κ2) is 7.11. The van der Waals surface area contributed by atoms with Gasteiger partial charge in [0.2, 0.25) is 0 Å². The topological polar surface area (TPSA) is 53.6 Å². The Morgan fingerprint density at radius 1 is 1.42 bits per heavy atom. The Morgan fingerprint density at radius 3 is 2.95 bits per heavy atom. The molecule has 1 fully saturated rings. The number of carbonyl (C=O) groups is 1. The number of carbonyl (C=O) groups excluding carboxylic acids is 1. The Balaban J connectivity index is 1.64. The van der Waals surface area contributed by atoms with Gasteiger partial charge in [0, 0.05) is 12.6 Å². The summed E-state index contributed by atoms with van der Waals surface area (Å²) in [6, 6.07) is 9.93. The maximum atomic E-state index is 11.5. The number of likely N-dealkylation sites (tertiary alicyclic amines) is 1. The fourth-order valence-corrected chi connectivity index (χ4v) is 2.20. The number of ether oxygens (including phenoxy) is 1. The monoisotopic (exact) mass is 263 g/mol. The highest BCUT2D eigenvalue weighted by Gasteiger charge is 2.17. The Morgan fingerprint density at radius 2 is 2.21 bits per heavy atom. The van der Waals surface area contributed by atoms with Gasteiger partial charge in [-0.2, -0.15) is 0 Å². The number of rotatable bonds is 4. The van der Waals surface area contributed by atoms with Crippen molar-refractivity contribution < 1.29 is 9.53 Å². The number of hydrazine groups is 1. The highest BCUT2D eigenvalue weighted by molar-refractivity contribution is 5.66. The van der Waals surface area contributed by atoms with E-state index in [0.29, 0.717) is 12.6 Å². The third-order valence-corrected chi connectivity index (χ3v) is 3.22. The summed E-state index contributed by atoms with van der Waals surface area (Å²) >= 11 is 0. The molecule has 1 heterocycles. The number of amides is 1. The molecule has 2 rings (SSSR count). The molecule has 0 radical (unpaired) electrons. The summed E-state index contributed by atoms with van der Waals surface area (Å²) in [6.45, 7) is 2.36. The average Bonchev–Trinajstić information content (AvgIpc) is 2.44. The minimum absolute atomic E-state index is 0.291. The van der Waals surface area contributed by atoms with Crippen molar-refractivity contribution in [2.24, 2.45) is 0 Å². The zero-order chi connectivity index (χ0) is 13.5. The van der Waals surface area contributed by atoms with Gasteiger partial charge in [-0.1, -0.05) is 30.3 Å². The SMILES string of the molecule is CN1CCCC(NNC(=O)OCc2ccccc2)C1. The second-order valence-corrected chi connectivity index (χ2v) is 4.93. The van der Waals surface area contributed by atoms with E-state index in [1.807, 2.05) is 30.3 Å². The normalized spacial score (nSPS) is 19.9. The van der Waals surface area contributed by atoms with Crippen LogP contribution in [0.15, 0.2) is 30.3 Å². The van der Waals surface area contributed by atoms with Crippen molar-refractivity contribution in [1.29, 1.82) is 0 Å². The summed E-state index contributed by atoms with van der Waals surface area (Å²) in [6.07, 6.45) is 1.79. The van der Waals surface area contributed by atoms with Crippen LogP contribution in [0.2, 0.25) is 0 Å². The van der Waals surface area contributed by atoms with Crippen molar-refractivity contribution in [1.82, 2.24) is 15.8 Å². The number of nitrogens with one attached hydrogen (secondary N) is 2. The second-order valence-electron chi connectivity index (χ2n) is 4.93. The molecule has 5 heteroatoms. The van der Waals surface area contributed by atoms with Crippen LogP contribution in [0.3, 0.4) is 0 Å². The molecule has 0 aliphatic carbocycles. The van der Waals surface area contributed by atoms with E-state index >= 15 is 0 Å². The van der Waals surface area contributed by atoms with Gasteiger partial charge in [0.1, 0.15) is 6.61 Å². The van der Waals surface area contributed by atoms with Gasteiger partial charge in [0.05, 0.1) is 0 Å². The fourth-order valence-electron chi connectivity index (χ4n) is 2.20. The van der Waals surface area contributed by atoms with Crippen LogP contribution in [0.25, 0.3) is 0 Å². The van der Waals surface area contributed by atoms with Crippen molar-refractivity contribution in [3.05, 3.63) is 35.9 Å². The lowest BCUT2D eigenvalue weighted by Gasteiger charge is -2.30. The predicted molar refractivity (Wildman–Crippen MR) is 73.4 cm³/mol. The van der Waals surface area contributed by atoms with Crippen LogP contribution >= 0.6 is 0 Å². The number of likely N-dealkylation sites (N-methyl/N-ethyl adjacent to an activating group) is 1. The first kappa shape index (κ1) is 13.8. The van der Waals surface area contributed by atoms with Gasteiger partial charge in [0.15, 0.2) is 0 Å². The van der Waals surface area contributed by atoms with Crippen molar-refractivity contribution in [2.75, 3.05) is 20.1 Å². The zero-order valence-corrected chi connectivity index (χ0v) is 11.3. The van der Waals surface area contributed by atoms with E-state index in [2.05, 4.69) is 22.8 Å². The first-order valence-electron chi connectivity index (χ1n) is 6.65. The van der Waals surface area contributed by atoms with E-state index in [1.165, 1.54) is 0 Å². The van der Waals surface area contributed by atoms with Crippen LogP contribution in [0.5, 0.6) is 0 Å². The third kappa shape index (κ3) is 4.89. The first-order chi connectivity index (χ1) is 9.24. The van der Waals surface area contributed by atoms with Crippen LogP contribution in [-0.2, 0) is 11.3 Å². The smallest absolute Gasteiger partial charge is 0.421 e. The zero-order valence-electron chi connectivity index (χ0n) is 11.3. The summed E-state index contributed by atoms with van der Waals surface area (Å²) in [5, 5.41) is 0. The Bertz CT molecular complexity index is 397. The van der Waals surface area contributed by atoms with Crippen LogP contribution in [0.1, 0.15) is 18.4 Å². The maximum absolute atomic E-state index is 11.5. The standard InChI is InChI=1S/C14H21N3O2/c1-17-9-5-8-13(10-17)15-16-14(18)19-11-12-6-3-2-4-7-12/h2-4,6-7,13,15H,5,8-11H2,1H3,(H,16,18). The summed E-state index contributed by atoms with van der Waals surface area (Å²) in [4.78, 5) is 13.8. The van der Waals surface area contributed by atoms with E-state index in [0.717, 1.165) is 31.5 Å². The predicted octanol–water partition coefficient (Wildman–Crippen LogP) is 1.51. The molecule has 1 aromatic rings. The van der Waals surface area contributed by atoms with E-state index in [1.54, 1.807) is 0 Å². The Kier molecular flexibility index (Phi) is 5.18. The molecule has 1 saturated heterocycles. The van der Waals surface area contributed by atoms with E-state index in [9.17, 15) is 4.79 Å². The molecule has 5 nitrogen and oxygen atoms in total. The molecule has 0 saturated carbocycles. The molecule has 19 heavy (non-hydrogen) atoms. The fraction of sp³-hybridized carbons (Fsp3) is 0.500. The van der Waals surface area contributed by atoms with Crippen molar-refractivity contribution in [3.63, 3.8) is 0 Å². The van der Waals surface area contributed by atoms with Gasteiger partial charge < -0.3 is 9.64 Å². The third-order valence-electron chi connectivity index (χ3n) is 3.22. The van der Waals surface area contributed by atoms with E-state index in [4.69, 9.17) is 4.74 Å². The summed E-state index contributed by atoms with van der Waals surface area (Å²) in [5.74, 6) is 0. The van der Waals surface area contributed by atoms with E-state index < -0.39 is 6.09 Å². The van der Waals surface area contributed by atoms with Crippen molar-refractivity contribution in [2.45, 2.75) is 25.5 Å². The molecule has 1 aromatic carbocycles. The summed E-state index contributed by atoms with van der Waals surface area (Å²) < 4.78 is 5.12. The minimum atomic E-state index is -0.433. The number of benzene rings is 1. The summed E-state index contributed by atoms with van der Waals surface area (Å²) in [7, 11) is 2.08. The van der Waals surface area contributed by atoms with Gasteiger partial charge in [-0.15, -0.1) is 0 Å². The maximum Gasteiger partial charge on any atom is 0.421 e. The summed E-state index contributed by atoms with van der Waals surface area (Å²) in [5.41, 5.74) is 6.61. The van der Waals surface area contributed by atoms with Gasteiger partial charge in [-0.05, 0) is 32.0 Å². The largest absolute Gasteiger partial charge is 0.444 e. The number of piperidine rings is 1. The lowest BCUT2D eigenvalue weighted by molar-refractivity contribution is 0.128. The van der Waals surface area contributed by atoms with Crippen LogP contribution in [0.4, 0.5) is 4.79 Å². The molecule has 0 bridgehead atoms. The molecule has 1 aliphatic rings. The highest BCUT2D eigenvalue weighted by Crippen LogP contribution is 2.07. The quantitative estimate of drug-likeness (QED) is 0.809. The molecule has 0 spiro atoms. The van der Waals surface area contributed by atoms with Crippen LogP contribution < -0.4 is 10.9 Å². The molecular weight excluding hydrogens is 242 g/mol. The number of hydrogen-bond donors (Lipinski definition) is 2. The lowest BCUT2D eigenvalue weighted by atomic mass is 10.1. The molecule has 1 unspecified atom stereocenters. The number of hydrogen-bond acceptors (Lipinski definition) is 4. The molecule has 0 aromatic heterocycles. The minimum Gasteiger partial charge on any atom is -0.444 e. The Labute approximate surface area is 113 Å². The number of nitrogens with zero attached hydrogens (tertiary/aromatic N) is 1. The molecule has 1 atom stereocenters.